The fourth-order valence-electron chi connectivity index (χ4n) is 3.25. The highest BCUT2D eigenvalue weighted by Gasteiger charge is 2.26. The van der Waals surface area contributed by atoms with Crippen LogP contribution in [0.2, 0.25) is 0 Å². The van der Waals surface area contributed by atoms with Gasteiger partial charge in [0.25, 0.3) is 5.91 Å². The molecule has 1 amide bonds. The fraction of sp³-hybridized carbons (Fsp3) is 0.409. The number of esters is 1. The van der Waals surface area contributed by atoms with Crippen LogP contribution in [-0.4, -0.2) is 36.6 Å². The summed E-state index contributed by atoms with van der Waals surface area (Å²) in [5.41, 5.74) is 2.63. The second-order valence-electron chi connectivity index (χ2n) is 7.32. The number of amides is 1. The lowest BCUT2D eigenvalue weighted by atomic mass is 10.1. The van der Waals surface area contributed by atoms with E-state index in [1.807, 2.05) is 6.07 Å². The van der Waals surface area contributed by atoms with Gasteiger partial charge in [0.05, 0.1) is 12.7 Å². The van der Waals surface area contributed by atoms with Crippen molar-refractivity contribution in [2.24, 2.45) is 0 Å². The minimum absolute atomic E-state index is 0.255. The van der Waals surface area contributed by atoms with Gasteiger partial charge in [-0.05, 0) is 81.5 Å². The van der Waals surface area contributed by atoms with Crippen molar-refractivity contribution in [1.29, 1.82) is 0 Å². The van der Waals surface area contributed by atoms with Crippen LogP contribution in [-0.2, 0) is 4.74 Å². The van der Waals surface area contributed by atoms with Crippen LogP contribution in [0.15, 0.2) is 36.4 Å². The minimum atomic E-state index is -0.408. The molecule has 0 spiro atoms. The highest BCUT2D eigenvalue weighted by atomic mass is 16.5. The summed E-state index contributed by atoms with van der Waals surface area (Å²) >= 11 is 0. The molecule has 1 aromatic heterocycles. The molecule has 0 radical (unpaired) electrons. The molecule has 28 heavy (non-hydrogen) atoms. The van der Waals surface area contributed by atoms with Crippen molar-refractivity contribution in [2.45, 2.75) is 45.6 Å². The molecule has 6 nitrogen and oxygen atoms in total. The van der Waals surface area contributed by atoms with E-state index in [0.29, 0.717) is 28.9 Å². The highest BCUT2D eigenvalue weighted by Crippen LogP contribution is 2.41. The number of benzene rings is 1. The van der Waals surface area contributed by atoms with Gasteiger partial charge in [-0.1, -0.05) is 0 Å². The topological polar surface area (TPSA) is 71.5 Å². The summed E-state index contributed by atoms with van der Waals surface area (Å²) in [6.45, 7) is 7.16. The molecule has 1 aliphatic carbocycles. The zero-order chi connectivity index (χ0) is 20.3. The van der Waals surface area contributed by atoms with Gasteiger partial charge >= 0.3 is 5.97 Å². The first-order valence-electron chi connectivity index (χ1n) is 9.71. The van der Waals surface area contributed by atoms with Crippen LogP contribution in [0.25, 0.3) is 0 Å². The van der Waals surface area contributed by atoms with Crippen molar-refractivity contribution >= 4 is 23.4 Å². The van der Waals surface area contributed by atoms with Gasteiger partial charge < -0.3 is 15.0 Å². The second kappa shape index (κ2) is 8.42. The van der Waals surface area contributed by atoms with E-state index in [4.69, 9.17) is 4.74 Å². The van der Waals surface area contributed by atoms with Crippen molar-refractivity contribution in [3.05, 3.63) is 53.2 Å². The van der Waals surface area contributed by atoms with Gasteiger partial charge in [-0.2, -0.15) is 0 Å². The summed E-state index contributed by atoms with van der Waals surface area (Å²) in [4.78, 5) is 31.2. The van der Waals surface area contributed by atoms with E-state index in [0.717, 1.165) is 25.2 Å². The zero-order valence-electron chi connectivity index (χ0n) is 16.9. The van der Waals surface area contributed by atoms with Gasteiger partial charge in [0.1, 0.15) is 11.5 Å². The summed E-state index contributed by atoms with van der Waals surface area (Å²) in [5.74, 6) is 0.704. The molecular weight excluding hydrogens is 354 g/mol. The Labute approximate surface area is 165 Å². The molecule has 2 aromatic rings. The maximum absolute atomic E-state index is 12.8. The molecule has 3 rings (SSSR count). The Morgan fingerprint density at radius 2 is 1.89 bits per heavy atom. The van der Waals surface area contributed by atoms with Crippen molar-refractivity contribution in [2.75, 3.05) is 23.9 Å². The Balaban J connectivity index is 1.84. The normalized spacial score (nSPS) is 13.3. The molecule has 1 fully saturated rings. The number of nitrogens with one attached hydrogen (secondary N) is 1. The third-order valence-corrected chi connectivity index (χ3v) is 4.94. The summed E-state index contributed by atoms with van der Waals surface area (Å²) in [6.07, 6.45) is 2.32. The van der Waals surface area contributed by atoms with Crippen LogP contribution in [0, 0.1) is 0 Å². The Morgan fingerprint density at radius 3 is 2.43 bits per heavy atom. The van der Waals surface area contributed by atoms with Gasteiger partial charge in [-0.15, -0.1) is 0 Å². The van der Waals surface area contributed by atoms with E-state index in [2.05, 4.69) is 42.0 Å². The second-order valence-corrected chi connectivity index (χ2v) is 7.32. The van der Waals surface area contributed by atoms with E-state index in [1.54, 1.807) is 24.3 Å². The van der Waals surface area contributed by atoms with Gasteiger partial charge in [0.2, 0.25) is 0 Å². The molecule has 1 saturated carbocycles. The van der Waals surface area contributed by atoms with Crippen LogP contribution in [0.4, 0.5) is 11.5 Å². The fourth-order valence-corrected chi connectivity index (χ4v) is 3.25. The average Bonchev–Trinajstić information content (AvgIpc) is 3.53. The Morgan fingerprint density at radius 1 is 1.21 bits per heavy atom. The first kappa shape index (κ1) is 19.9. The van der Waals surface area contributed by atoms with Crippen LogP contribution in [0.3, 0.4) is 0 Å². The molecule has 1 N–H and O–H groups in total. The van der Waals surface area contributed by atoms with Crippen LogP contribution in [0.1, 0.15) is 65.9 Å². The number of nitrogens with zero attached hydrogens (tertiary/aromatic N) is 2. The van der Waals surface area contributed by atoms with Crippen LogP contribution >= 0.6 is 0 Å². The molecule has 0 saturated heterocycles. The molecule has 0 bridgehead atoms. The number of rotatable bonds is 7. The quantitative estimate of drug-likeness (QED) is 0.727. The molecule has 0 unspecified atom stereocenters. The third kappa shape index (κ3) is 4.50. The Hall–Kier alpha value is -2.89. The number of hydrogen-bond donors (Lipinski definition) is 1. The highest BCUT2D eigenvalue weighted by molar-refractivity contribution is 6.03. The molecular formula is C22H27N3O3. The van der Waals surface area contributed by atoms with Crippen LogP contribution < -0.4 is 10.2 Å². The van der Waals surface area contributed by atoms with E-state index in [-0.39, 0.29) is 5.91 Å². The maximum Gasteiger partial charge on any atom is 0.337 e. The number of hydrogen-bond acceptors (Lipinski definition) is 5. The first-order chi connectivity index (χ1) is 13.4. The molecule has 1 heterocycles. The lowest BCUT2D eigenvalue weighted by Crippen LogP contribution is -2.31. The third-order valence-electron chi connectivity index (χ3n) is 4.94. The molecule has 0 atom stereocenters. The van der Waals surface area contributed by atoms with Crippen molar-refractivity contribution in [3.8, 4) is 0 Å². The number of anilines is 2. The molecule has 6 heteroatoms. The summed E-state index contributed by atoms with van der Waals surface area (Å²) in [6, 6.07) is 10.9. The monoisotopic (exact) mass is 381 g/mol. The largest absolute Gasteiger partial charge is 0.465 e. The Bertz CT molecular complexity index is 858. The average molecular weight is 381 g/mol. The van der Waals surface area contributed by atoms with Gasteiger partial charge in [0.15, 0.2) is 0 Å². The van der Waals surface area contributed by atoms with E-state index in [9.17, 15) is 9.59 Å². The maximum atomic E-state index is 12.8. The molecule has 1 aromatic carbocycles. The smallest absolute Gasteiger partial charge is 0.337 e. The molecule has 1 aliphatic rings. The molecule has 148 valence electrons. The van der Waals surface area contributed by atoms with E-state index < -0.39 is 5.97 Å². The van der Waals surface area contributed by atoms with Crippen molar-refractivity contribution in [1.82, 2.24) is 4.98 Å². The first-order valence-corrected chi connectivity index (χ1v) is 9.71. The minimum Gasteiger partial charge on any atom is -0.465 e. The van der Waals surface area contributed by atoms with Crippen molar-refractivity contribution < 1.29 is 14.3 Å². The van der Waals surface area contributed by atoms with Gasteiger partial charge in [-0.3, -0.25) is 4.79 Å². The van der Waals surface area contributed by atoms with Crippen LogP contribution in [0.5, 0.6) is 0 Å². The lowest BCUT2D eigenvalue weighted by Gasteiger charge is -2.27. The predicted octanol–water partition coefficient (Wildman–Crippen LogP) is 4.23. The summed E-state index contributed by atoms with van der Waals surface area (Å²) in [5, 5.41) is 2.87. The van der Waals surface area contributed by atoms with E-state index >= 15 is 0 Å². The van der Waals surface area contributed by atoms with Crippen molar-refractivity contribution in [3.63, 3.8) is 0 Å². The number of methoxy groups -OCH3 is 1. The number of ether oxygens (including phenoxy) is 1. The lowest BCUT2D eigenvalue weighted by molar-refractivity contribution is 0.0600. The number of aromatic nitrogens is 1. The van der Waals surface area contributed by atoms with Gasteiger partial charge in [-0.25, -0.2) is 9.78 Å². The SMILES string of the molecule is CCN(c1cc(C2CC2)cc(C(=O)Nc2ccc(C(=O)OC)cc2)n1)C(C)C. The zero-order valence-corrected chi connectivity index (χ0v) is 16.9. The number of carbonyl (C=O) groups excluding carboxylic acids is 2. The summed E-state index contributed by atoms with van der Waals surface area (Å²) < 4.78 is 4.69. The standard InChI is InChI=1S/C22H27N3O3/c1-5-25(14(2)3)20-13-17(15-6-7-15)12-19(24-20)21(26)23-18-10-8-16(9-11-18)22(27)28-4/h8-15H,5-7H2,1-4H3,(H,23,26). The van der Waals surface area contributed by atoms with E-state index in [1.165, 1.54) is 12.7 Å². The number of carbonyl (C=O) groups is 2. The van der Waals surface area contributed by atoms with Gasteiger partial charge in [0, 0.05) is 18.3 Å². The molecule has 0 aliphatic heterocycles. The predicted molar refractivity (Wildman–Crippen MR) is 110 cm³/mol. The Kier molecular flexibility index (Phi) is 5.97. The summed E-state index contributed by atoms with van der Waals surface area (Å²) in [7, 11) is 1.34. The number of pyridine rings is 1.